The molecule has 1 amide bonds. The van der Waals surface area contributed by atoms with Crippen LogP contribution in [0.25, 0.3) is 0 Å². The van der Waals surface area contributed by atoms with E-state index in [2.05, 4.69) is 5.32 Å². The molecular formula is C16H17NO2. The molecule has 98 valence electrons. The number of benzene rings is 2. The van der Waals surface area contributed by atoms with E-state index >= 15 is 0 Å². The number of para-hydroxylation sites is 1. The standard InChI is InChI=1S/C16H17NO2/c1-11-8-12(2)10-14(9-11)19-16(18)17-15-7-5-4-6-13(15)3/h4-10H,1-3H3,(H,17,18). The Labute approximate surface area is 113 Å². The molecule has 0 aliphatic heterocycles. The number of aryl methyl sites for hydroxylation is 3. The summed E-state index contributed by atoms with van der Waals surface area (Å²) in [5.41, 5.74) is 3.90. The van der Waals surface area contributed by atoms with Gasteiger partial charge in [0.15, 0.2) is 0 Å². The second-order valence-electron chi connectivity index (χ2n) is 4.65. The van der Waals surface area contributed by atoms with E-state index in [-0.39, 0.29) is 0 Å². The average molecular weight is 255 g/mol. The van der Waals surface area contributed by atoms with Crippen LogP contribution < -0.4 is 10.1 Å². The van der Waals surface area contributed by atoms with Gasteiger partial charge < -0.3 is 4.74 Å². The maximum absolute atomic E-state index is 11.8. The van der Waals surface area contributed by atoms with Crippen LogP contribution in [0.2, 0.25) is 0 Å². The third-order valence-corrected chi connectivity index (χ3v) is 2.79. The molecule has 3 heteroatoms. The van der Waals surface area contributed by atoms with Gasteiger partial charge in [0.1, 0.15) is 5.75 Å². The first-order valence-electron chi connectivity index (χ1n) is 6.17. The first-order chi connectivity index (χ1) is 9.04. The second-order valence-corrected chi connectivity index (χ2v) is 4.65. The Kier molecular flexibility index (Phi) is 3.85. The Bertz CT molecular complexity index is 585. The van der Waals surface area contributed by atoms with Gasteiger partial charge in [-0.15, -0.1) is 0 Å². The molecule has 2 aromatic carbocycles. The second kappa shape index (κ2) is 5.57. The number of nitrogens with one attached hydrogen (secondary N) is 1. The summed E-state index contributed by atoms with van der Waals surface area (Å²) in [7, 11) is 0. The van der Waals surface area contributed by atoms with E-state index in [4.69, 9.17) is 4.74 Å². The van der Waals surface area contributed by atoms with Crippen LogP contribution in [0.5, 0.6) is 5.75 Å². The van der Waals surface area contributed by atoms with Gasteiger partial charge in [-0.25, -0.2) is 4.79 Å². The number of hydrogen-bond donors (Lipinski definition) is 1. The SMILES string of the molecule is Cc1cc(C)cc(OC(=O)Nc2ccccc2C)c1. The lowest BCUT2D eigenvalue weighted by molar-refractivity contribution is 0.215. The van der Waals surface area contributed by atoms with E-state index in [1.54, 1.807) is 0 Å². The fourth-order valence-electron chi connectivity index (χ4n) is 1.95. The fraction of sp³-hybridized carbons (Fsp3) is 0.188. The number of carbonyl (C=O) groups is 1. The first kappa shape index (κ1) is 13.1. The number of amides is 1. The summed E-state index contributed by atoms with van der Waals surface area (Å²) in [5, 5.41) is 2.74. The lowest BCUT2D eigenvalue weighted by Gasteiger charge is -2.09. The van der Waals surface area contributed by atoms with Gasteiger partial charge >= 0.3 is 6.09 Å². The highest BCUT2D eigenvalue weighted by Crippen LogP contribution is 2.18. The van der Waals surface area contributed by atoms with Gasteiger partial charge in [0.25, 0.3) is 0 Å². The minimum atomic E-state index is -0.473. The van der Waals surface area contributed by atoms with Crippen molar-refractivity contribution < 1.29 is 9.53 Å². The van der Waals surface area contributed by atoms with Crippen molar-refractivity contribution in [3.05, 3.63) is 59.2 Å². The van der Waals surface area contributed by atoms with Gasteiger partial charge in [-0.05, 0) is 55.7 Å². The Morgan fingerprint density at radius 3 is 2.26 bits per heavy atom. The van der Waals surface area contributed by atoms with Crippen molar-refractivity contribution in [3.8, 4) is 5.75 Å². The predicted octanol–water partition coefficient (Wildman–Crippen LogP) is 4.22. The van der Waals surface area contributed by atoms with Gasteiger partial charge in [-0.2, -0.15) is 0 Å². The van der Waals surface area contributed by atoms with Crippen LogP contribution in [0.15, 0.2) is 42.5 Å². The van der Waals surface area contributed by atoms with Crippen molar-refractivity contribution in [2.45, 2.75) is 20.8 Å². The van der Waals surface area contributed by atoms with Crippen molar-refractivity contribution in [3.63, 3.8) is 0 Å². The molecule has 3 nitrogen and oxygen atoms in total. The van der Waals surface area contributed by atoms with E-state index in [1.807, 2.05) is 63.2 Å². The van der Waals surface area contributed by atoms with Crippen molar-refractivity contribution >= 4 is 11.8 Å². The quantitative estimate of drug-likeness (QED) is 0.872. The molecule has 0 aliphatic carbocycles. The molecule has 0 unspecified atom stereocenters. The zero-order valence-corrected chi connectivity index (χ0v) is 11.4. The smallest absolute Gasteiger partial charge is 0.410 e. The average Bonchev–Trinajstić information content (AvgIpc) is 2.30. The third kappa shape index (κ3) is 3.58. The third-order valence-electron chi connectivity index (χ3n) is 2.79. The van der Waals surface area contributed by atoms with E-state index in [9.17, 15) is 4.79 Å². The van der Waals surface area contributed by atoms with Crippen molar-refractivity contribution in [2.24, 2.45) is 0 Å². The largest absolute Gasteiger partial charge is 0.417 e. The van der Waals surface area contributed by atoms with Gasteiger partial charge in [-0.1, -0.05) is 24.3 Å². The van der Waals surface area contributed by atoms with Crippen LogP contribution in [0.4, 0.5) is 10.5 Å². The minimum Gasteiger partial charge on any atom is -0.410 e. The van der Waals surface area contributed by atoms with Crippen LogP contribution >= 0.6 is 0 Å². The fourth-order valence-corrected chi connectivity index (χ4v) is 1.95. The maximum Gasteiger partial charge on any atom is 0.417 e. The summed E-state index contributed by atoms with van der Waals surface area (Å²) in [6.07, 6.45) is -0.473. The predicted molar refractivity (Wildman–Crippen MR) is 76.7 cm³/mol. The lowest BCUT2D eigenvalue weighted by atomic mass is 10.1. The molecule has 0 heterocycles. The number of anilines is 1. The summed E-state index contributed by atoms with van der Waals surface area (Å²) in [6.45, 7) is 5.88. The molecule has 2 rings (SSSR count). The minimum absolute atomic E-state index is 0.473. The normalized spacial score (nSPS) is 10.1. The number of rotatable bonds is 2. The van der Waals surface area contributed by atoms with Gasteiger partial charge in [-0.3, -0.25) is 5.32 Å². The molecule has 0 bridgehead atoms. The summed E-state index contributed by atoms with van der Waals surface area (Å²) in [4.78, 5) is 11.8. The summed E-state index contributed by atoms with van der Waals surface area (Å²) >= 11 is 0. The van der Waals surface area contributed by atoms with Crippen LogP contribution in [0.1, 0.15) is 16.7 Å². The summed E-state index contributed by atoms with van der Waals surface area (Å²) in [5.74, 6) is 0.559. The Hall–Kier alpha value is -2.29. The summed E-state index contributed by atoms with van der Waals surface area (Å²) < 4.78 is 5.28. The molecule has 0 fully saturated rings. The molecule has 0 spiro atoms. The molecule has 0 saturated heterocycles. The molecule has 0 radical (unpaired) electrons. The zero-order chi connectivity index (χ0) is 13.8. The van der Waals surface area contributed by atoms with E-state index < -0.39 is 6.09 Å². The van der Waals surface area contributed by atoms with Gasteiger partial charge in [0.2, 0.25) is 0 Å². The van der Waals surface area contributed by atoms with Crippen LogP contribution in [-0.2, 0) is 0 Å². The van der Waals surface area contributed by atoms with E-state index in [0.29, 0.717) is 5.75 Å². The van der Waals surface area contributed by atoms with E-state index in [0.717, 1.165) is 22.4 Å². The summed E-state index contributed by atoms with van der Waals surface area (Å²) in [6, 6.07) is 13.3. The Balaban J connectivity index is 2.07. The van der Waals surface area contributed by atoms with Crippen LogP contribution in [-0.4, -0.2) is 6.09 Å². The number of hydrogen-bond acceptors (Lipinski definition) is 2. The molecule has 19 heavy (non-hydrogen) atoms. The molecule has 0 atom stereocenters. The molecule has 2 aromatic rings. The molecule has 0 aromatic heterocycles. The monoisotopic (exact) mass is 255 g/mol. The number of ether oxygens (including phenoxy) is 1. The molecule has 1 N–H and O–H groups in total. The van der Waals surface area contributed by atoms with Gasteiger partial charge in [0.05, 0.1) is 0 Å². The Morgan fingerprint density at radius 1 is 1.00 bits per heavy atom. The molecule has 0 aliphatic rings. The van der Waals surface area contributed by atoms with Crippen molar-refractivity contribution in [1.82, 2.24) is 0 Å². The van der Waals surface area contributed by atoms with Crippen molar-refractivity contribution in [1.29, 1.82) is 0 Å². The van der Waals surface area contributed by atoms with Crippen LogP contribution in [0, 0.1) is 20.8 Å². The Morgan fingerprint density at radius 2 is 1.63 bits per heavy atom. The zero-order valence-electron chi connectivity index (χ0n) is 11.4. The highest BCUT2D eigenvalue weighted by molar-refractivity contribution is 5.87. The van der Waals surface area contributed by atoms with E-state index in [1.165, 1.54) is 0 Å². The first-order valence-corrected chi connectivity index (χ1v) is 6.17. The van der Waals surface area contributed by atoms with Gasteiger partial charge in [0, 0.05) is 5.69 Å². The highest BCUT2D eigenvalue weighted by atomic mass is 16.6. The lowest BCUT2D eigenvalue weighted by Crippen LogP contribution is -2.17. The number of carbonyl (C=O) groups excluding carboxylic acids is 1. The molecular weight excluding hydrogens is 238 g/mol. The molecule has 0 saturated carbocycles. The van der Waals surface area contributed by atoms with Crippen molar-refractivity contribution in [2.75, 3.05) is 5.32 Å². The maximum atomic E-state index is 11.8. The van der Waals surface area contributed by atoms with Crippen LogP contribution in [0.3, 0.4) is 0 Å². The topological polar surface area (TPSA) is 38.3 Å². The highest BCUT2D eigenvalue weighted by Gasteiger charge is 2.07.